The molecule has 2 aliphatic rings. The normalized spacial score (nSPS) is 23.1. The topological polar surface area (TPSA) is 59.9 Å². The minimum atomic E-state index is 0.108. The first-order valence-corrected chi connectivity index (χ1v) is 7.23. The first-order valence-electron chi connectivity index (χ1n) is 7.23. The first-order chi connectivity index (χ1) is 8.83. The molecule has 18 heavy (non-hydrogen) atoms. The van der Waals surface area contributed by atoms with E-state index in [1.165, 1.54) is 38.8 Å². The van der Waals surface area contributed by atoms with Crippen molar-refractivity contribution in [2.75, 3.05) is 32.8 Å². The lowest BCUT2D eigenvalue weighted by atomic mass is 10.1. The Morgan fingerprint density at radius 2 is 2.00 bits per heavy atom. The van der Waals surface area contributed by atoms with Crippen LogP contribution in [0.2, 0.25) is 0 Å². The number of piperidine rings is 1. The zero-order chi connectivity index (χ0) is 12.8. The summed E-state index contributed by atoms with van der Waals surface area (Å²) < 4.78 is 0. The highest BCUT2D eigenvalue weighted by atomic mass is 16.3. The molecule has 1 saturated carbocycles. The van der Waals surface area contributed by atoms with Crippen molar-refractivity contribution < 1.29 is 5.11 Å². The number of likely N-dealkylation sites (tertiary alicyclic amines) is 1. The van der Waals surface area contributed by atoms with Gasteiger partial charge in [0.2, 0.25) is 0 Å². The van der Waals surface area contributed by atoms with Gasteiger partial charge in [-0.05, 0) is 32.6 Å². The Labute approximate surface area is 110 Å². The van der Waals surface area contributed by atoms with E-state index in [1.54, 1.807) is 0 Å². The van der Waals surface area contributed by atoms with Crippen LogP contribution in [-0.2, 0) is 0 Å². The molecule has 5 heteroatoms. The first kappa shape index (κ1) is 13.6. The molecule has 0 amide bonds. The predicted octanol–water partition coefficient (Wildman–Crippen LogP) is 0.161. The zero-order valence-corrected chi connectivity index (χ0v) is 11.4. The van der Waals surface area contributed by atoms with Gasteiger partial charge in [-0.1, -0.05) is 0 Å². The summed E-state index contributed by atoms with van der Waals surface area (Å²) in [4.78, 5) is 6.94. The smallest absolute Gasteiger partial charge is 0.191 e. The molecule has 104 valence electrons. The Bertz CT molecular complexity index is 270. The Hall–Kier alpha value is -0.810. The van der Waals surface area contributed by atoms with Crippen LogP contribution in [0.3, 0.4) is 0 Å². The van der Waals surface area contributed by atoms with E-state index < -0.39 is 0 Å². The molecular formula is C13H26N4O. The molecule has 0 radical (unpaired) electrons. The van der Waals surface area contributed by atoms with Crippen LogP contribution in [0.25, 0.3) is 0 Å². The molecule has 1 aliphatic carbocycles. The van der Waals surface area contributed by atoms with Crippen molar-refractivity contribution >= 4 is 5.96 Å². The number of nitrogens with one attached hydrogen (secondary N) is 2. The van der Waals surface area contributed by atoms with Crippen molar-refractivity contribution in [1.82, 2.24) is 15.5 Å². The second-order valence-electron chi connectivity index (χ2n) is 5.17. The summed E-state index contributed by atoms with van der Waals surface area (Å²) in [5, 5.41) is 15.5. The number of aliphatic hydroxyl groups excluding tert-OH is 1. The van der Waals surface area contributed by atoms with Gasteiger partial charge in [-0.25, -0.2) is 0 Å². The lowest BCUT2D eigenvalue weighted by Crippen LogP contribution is -2.49. The fourth-order valence-corrected chi connectivity index (χ4v) is 2.52. The number of aliphatic hydroxyl groups is 1. The van der Waals surface area contributed by atoms with Crippen LogP contribution in [-0.4, -0.2) is 60.8 Å². The summed E-state index contributed by atoms with van der Waals surface area (Å²) in [5.41, 5.74) is 0. The fraction of sp³-hybridized carbons (Fsp3) is 0.923. The molecule has 5 nitrogen and oxygen atoms in total. The van der Waals surface area contributed by atoms with E-state index in [2.05, 4.69) is 27.4 Å². The molecule has 1 saturated heterocycles. The maximum atomic E-state index is 8.82. The van der Waals surface area contributed by atoms with Gasteiger partial charge in [-0.3, -0.25) is 4.99 Å². The quantitative estimate of drug-likeness (QED) is 0.483. The molecule has 2 rings (SSSR count). The van der Waals surface area contributed by atoms with E-state index >= 15 is 0 Å². The summed E-state index contributed by atoms with van der Waals surface area (Å²) in [6.45, 7) is 5.92. The van der Waals surface area contributed by atoms with Crippen molar-refractivity contribution in [3.05, 3.63) is 0 Å². The number of nitrogens with zero attached hydrogens (tertiary/aromatic N) is 2. The maximum absolute atomic E-state index is 8.82. The molecule has 1 heterocycles. The molecule has 3 N–H and O–H groups in total. The van der Waals surface area contributed by atoms with Gasteiger partial charge in [0.25, 0.3) is 0 Å². The van der Waals surface area contributed by atoms with Gasteiger partial charge < -0.3 is 20.6 Å². The molecule has 0 unspecified atom stereocenters. The van der Waals surface area contributed by atoms with E-state index in [1.807, 2.05) is 0 Å². The zero-order valence-electron chi connectivity index (χ0n) is 11.4. The molecule has 0 aromatic heterocycles. The molecule has 0 atom stereocenters. The fourth-order valence-electron chi connectivity index (χ4n) is 2.52. The number of hydrogen-bond donors (Lipinski definition) is 3. The minimum absolute atomic E-state index is 0.108. The van der Waals surface area contributed by atoms with Gasteiger partial charge in [0, 0.05) is 31.7 Å². The Morgan fingerprint density at radius 1 is 1.28 bits per heavy atom. The van der Waals surface area contributed by atoms with Crippen LogP contribution in [0.15, 0.2) is 4.99 Å². The van der Waals surface area contributed by atoms with Crippen LogP contribution >= 0.6 is 0 Å². The SMILES string of the molecule is CCNC(=NCCO)NC1CCN(C2CC2)CC1. The lowest BCUT2D eigenvalue weighted by Gasteiger charge is -2.33. The van der Waals surface area contributed by atoms with Crippen LogP contribution in [0.1, 0.15) is 32.6 Å². The summed E-state index contributed by atoms with van der Waals surface area (Å²) >= 11 is 0. The summed E-state index contributed by atoms with van der Waals surface area (Å²) in [7, 11) is 0. The number of hydrogen-bond acceptors (Lipinski definition) is 3. The molecule has 1 aliphatic heterocycles. The second-order valence-corrected chi connectivity index (χ2v) is 5.17. The van der Waals surface area contributed by atoms with Gasteiger partial charge in [-0.2, -0.15) is 0 Å². The van der Waals surface area contributed by atoms with E-state index in [-0.39, 0.29) is 6.61 Å². The maximum Gasteiger partial charge on any atom is 0.191 e. The second kappa shape index (κ2) is 6.95. The van der Waals surface area contributed by atoms with Crippen molar-refractivity contribution in [2.45, 2.75) is 44.7 Å². The molecule has 0 bridgehead atoms. The van der Waals surface area contributed by atoms with E-state index in [0.717, 1.165) is 18.5 Å². The Morgan fingerprint density at radius 3 is 2.56 bits per heavy atom. The molecule has 0 aromatic carbocycles. The van der Waals surface area contributed by atoms with Crippen LogP contribution in [0, 0.1) is 0 Å². The average molecular weight is 254 g/mol. The standard InChI is InChI=1S/C13H26N4O/c1-2-14-13(15-7-10-18)16-11-5-8-17(9-6-11)12-3-4-12/h11-12,18H,2-10H2,1H3,(H2,14,15,16). The van der Waals surface area contributed by atoms with Gasteiger partial charge >= 0.3 is 0 Å². The van der Waals surface area contributed by atoms with Crippen LogP contribution < -0.4 is 10.6 Å². The monoisotopic (exact) mass is 254 g/mol. The number of rotatable bonds is 5. The predicted molar refractivity (Wildman–Crippen MR) is 73.8 cm³/mol. The van der Waals surface area contributed by atoms with Crippen molar-refractivity contribution in [3.63, 3.8) is 0 Å². The molecule has 0 spiro atoms. The van der Waals surface area contributed by atoms with E-state index in [4.69, 9.17) is 5.11 Å². The largest absolute Gasteiger partial charge is 0.394 e. The average Bonchev–Trinajstić information content (AvgIpc) is 3.21. The Balaban J connectivity index is 1.73. The highest BCUT2D eigenvalue weighted by molar-refractivity contribution is 5.80. The van der Waals surface area contributed by atoms with Crippen molar-refractivity contribution in [2.24, 2.45) is 4.99 Å². The number of guanidine groups is 1. The highest BCUT2D eigenvalue weighted by Gasteiger charge is 2.31. The van der Waals surface area contributed by atoms with Gasteiger partial charge in [0.15, 0.2) is 5.96 Å². The van der Waals surface area contributed by atoms with Gasteiger partial charge in [0.05, 0.1) is 13.2 Å². The van der Waals surface area contributed by atoms with Crippen molar-refractivity contribution in [1.29, 1.82) is 0 Å². The Kier molecular flexibility index (Phi) is 5.26. The van der Waals surface area contributed by atoms with E-state index in [9.17, 15) is 0 Å². The van der Waals surface area contributed by atoms with Gasteiger partial charge in [-0.15, -0.1) is 0 Å². The molecule has 0 aromatic rings. The third-order valence-electron chi connectivity index (χ3n) is 3.65. The van der Waals surface area contributed by atoms with Crippen molar-refractivity contribution in [3.8, 4) is 0 Å². The summed E-state index contributed by atoms with van der Waals surface area (Å²) in [5.74, 6) is 0.844. The van der Waals surface area contributed by atoms with Crippen LogP contribution in [0.5, 0.6) is 0 Å². The third-order valence-corrected chi connectivity index (χ3v) is 3.65. The third kappa shape index (κ3) is 4.14. The minimum Gasteiger partial charge on any atom is -0.394 e. The number of aliphatic imine (C=N–C) groups is 1. The molecule has 2 fully saturated rings. The highest BCUT2D eigenvalue weighted by Crippen LogP contribution is 2.29. The summed E-state index contributed by atoms with van der Waals surface area (Å²) in [6, 6.07) is 1.42. The van der Waals surface area contributed by atoms with Gasteiger partial charge in [0.1, 0.15) is 0 Å². The van der Waals surface area contributed by atoms with Crippen LogP contribution in [0.4, 0.5) is 0 Å². The summed E-state index contributed by atoms with van der Waals surface area (Å²) in [6.07, 6.45) is 5.19. The lowest BCUT2D eigenvalue weighted by molar-refractivity contribution is 0.197. The molecular weight excluding hydrogens is 228 g/mol. The van der Waals surface area contributed by atoms with E-state index in [0.29, 0.717) is 12.6 Å².